The lowest BCUT2D eigenvalue weighted by Crippen LogP contribution is -2.15. The van der Waals surface area contributed by atoms with Crippen LogP contribution >= 0.6 is 22.6 Å². The maximum atomic E-state index is 12.6. The van der Waals surface area contributed by atoms with Crippen LogP contribution in [0.15, 0.2) is 24.0 Å². The third-order valence-corrected chi connectivity index (χ3v) is 2.24. The molecule has 0 bridgehead atoms. The van der Waals surface area contributed by atoms with E-state index in [1.165, 1.54) is 0 Å². The first-order valence-electron chi connectivity index (χ1n) is 5.02. The summed E-state index contributed by atoms with van der Waals surface area (Å²) in [7, 11) is 0. The summed E-state index contributed by atoms with van der Waals surface area (Å²) in [6.07, 6.45) is -2.23. The van der Waals surface area contributed by atoms with Crippen molar-refractivity contribution in [3.8, 4) is 0 Å². The van der Waals surface area contributed by atoms with Gasteiger partial charge in [-0.2, -0.15) is 13.2 Å². The van der Waals surface area contributed by atoms with E-state index in [-0.39, 0.29) is 16.3 Å². The molecule has 0 saturated heterocycles. The summed E-state index contributed by atoms with van der Waals surface area (Å²) in [5.74, 6) is -0.286. The van der Waals surface area contributed by atoms with Crippen molar-refractivity contribution in [2.75, 3.05) is 6.61 Å². The predicted molar refractivity (Wildman–Crippen MR) is 67.6 cm³/mol. The topological polar surface area (TPSA) is 9.23 Å². The Morgan fingerprint density at radius 3 is 2.44 bits per heavy atom. The Balaban J connectivity index is 4.68. The lowest BCUT2D eigenvalue weighted by molar-refractivity contribution is -0.0940. The summed E-state index contributed by atoms with van der Waals surface area (Å²) in [5.41, 5.74) is -0.760. The van der Waals surface area contributed by atoms with E-state index in [9.17, 15) is 13.2 Å². The third-order valence-electron chi connectivity index (χ3n) is 1.73. The van der Waals surface area contributed by atoms with E-state index in [4.69, 9.17) is 4.74 Å². The largest absolute Gasteiger partial charge is 0.494 e. The van der Waals surface area contributed by atoms with Crippen LogP contribution in [0.4, 0.5) is 13.2 Å². The van der Waals surface area contributed by atoms with Gasteiger partial charge in [0.1, 0.15) is 5.76 Å². The standard InChI is InChI=1S/C11H16F3IO/c1-4-7-16-9(3)10(11(12,13)14)6-5-8(2)15/h6,8H,3-5,7H2,1-2H3/b10-6+/t8-/m0/s1. The van der Waals surface area contributed by atoms with Crippen LogP contribution in [0, 0.1) is 0 Å². The zero-order valence-corrected chi connectivity index (χ0v) is 11.6. The van der Waals surface area contributed by atoms with Gasteiger partial charge in [0, 0.05) is 3.92 Å². The van der Waals surface area contributed by atoms with Gasteiger partial charge in [-0.15, -0.1) is 0 Å². The number of hydrogen-bond acceptors (Lipinski definition) is 1. The molecule has 1 atom stereocenters. The molecular weight excluding hydrogens is 332 g/mol. The van der Waals surface area contributed by atoms with Crippen molar-refractivity contribution in [3.05, 3.63) is 24.0 Å². The van der Waals surface area contributed by atoms with Crippen molar-refractivity contribution in [2.24, 2.45) is 0 Å². The average molecular weight is 348 g/mol. The summed E-state index contributed by atoms with van der Waals surface area (Å²) in [4.78, 5) is 0. The molecule has 0 aliphatic carbocycles. The summed E-state index contributed by atoms with van der Waals surface area (Å²) >= 11 is 2.07. The van der Waals surface area contributed by atoms with Crippen molar-refractivity contribution in [3.63, 3.8) is 0 Å². The molecule has 1 nitrogen and oxygen atoms in total. The molecule has 0 spiro atoms. The van der Waals surface area contributed by atoms with Gasteiger partial charge in [0.25, 0.3) is 0 Å². The van der Waals surface area contributed by atoms with Gasteiger partial charge in [0.2, 0.25) is 0 Å². The Bertz CT molecular complexity index is 256. The van der Waals surface area contributed by atoms with E-state index >= 15 is 0 Å². The van der Waals surface area contributed by atoms with Crippen molar-refractivity contribution in [1.82, 2.24) is 0 Å². The summed E-state index contributed by atoms with van der Waals surface area (Å²) in [5, 5.41) is 0. The van der Waals surface area contributed by atoms with Gasteiger partial charge < -0.3 is 4.74 Å². The fourth-order valence-electron chi connectivity index (χ4n) is 0.971. The molecule has 0 aliphatic heterocycles. The van der Waals surface area contributed by atoms with Gasteiger partial charge in [-0.25, -0.2) is 0 Å². The second-order valence-electron chi connectivity index (χ2n) is 3.40. The molecule has 0 saturated carbocycles. The first kappa shape index (κ1) is 15.8. The van der Waals surface area contributed by atoms with E-state index < -0.39 is 11.7 Å². The van der Waals surface area contributed by atoms with Crippen LogP contribution in [-0.4, -0.2) is 16.7 Å². The highest BCUT2D eigenvalue weighted by molar-refractivity contribution is 14.1. The highest BCUT2D eigenvalue weighted by atomic mass is 127. The lowest BCUT2D eigenvalue weighted by Gasteiger charge is -2.15. The molecule has 16 heavy (non-hydrogen) atoms. The van der Waals surface area contributed by atoms with E-state index in [1.54, 1.807) is 0 Å². The molecule has 0 amide bonds. The van der Waals surface area contributed by atoms with Crippen molar-refractivity contribution in [2.45, 2.75) is 36.8 Å². The van der Waals surface area contributed by atoms with Crippen LogP contribution in [0.3, 0.4) is 0 Å². The normalized spacial score (nSPS) is 14.8. The zero-order valence-electron chi connectivity index (χ0n) is 9.40. The van der Waals surface area contributed by atoms with Crippen LogP contribution in [0.5, 0.6) is 0 Å². The summed E-state index contributed by atoms with van der Waals surface area (Å²) in [6.45, 7) is 7.26. The molecule has 0 unspecified atom stereocenters. The van der Waals surface area contributed by atoms with Gasteiger partial charge in [0.15, 0.2) is 0 Å². The monoisotopic (exact) mass is 348 g/mol. The minimum absolute atomic E-state index is 0.147. The van der Waals surface area contributed by atoms with Crippen molar-refractivity contribution in [1.29, 1.82) is 0 Å². The van der Waals surface area contributed by atoms with E-state index in [2.05, 4.69) is 29.2 Å². The molecular formula is C11H16F3IO. The SMILES string of the molecule is C=C(OCCC)/C(=C\C[C@H](C)I)C(F)(F)F. The minimum Gasteiger partial charge on any atom is -0.494 e. The molecule has 0 aromatic carbocycles. The molecule has 5 heteroatoms. The fourth-order valence-corrected chi connectivity index (χ4v) is 1.23. The molecule has 94 valence electrons. The van der Waals surface area contributed by atoms with Crippen LogP contribution in [-0.2, 0) is 4.74 Å². The molecule has 0 radical (unpaired) electrons. The molecule has 0 rings (SSSR count). The number of ether oxygens (including phenoxy) is 1. The first-order valence-corrected chi connectivity index (χ1v) is 6.27. The first-order chi connectivity index (χ1) is 7.29. The molecule has 0 aromatic heterocycles. The fraction of sp³-hybridized carbons (Fsp3) is 0.636. The summed E-state index contributed by atoms with van der Waals surface area (Å²) < 4.78 is 43.0. The Kier molecular flexibility index (Phi) is 7.10. The van der Waals surface area contributed by atoms with Crippen molar-refractivity contribution < 1.29 is 17.9 Å². The van der Waals surface area contributed by atoms with Gasteiger partial charge in [0.05, 0.1) is 12.2 Å². The Hall–Kier alpha value is -0.200. The van der Waals surface area contributed by atoms with Crippen LogP contribution in [0.25, 0.3) is 0 Å². The molecule has 0 N–H and O–H groups in total. The number of rotatable bonds is 6. The number of allylic oxidation sites excluding steroid dienone is 2. The Labute approximate surface area is 108 Å². The highest BCUT2D eigenvalue weighted by Crippen LogP contribution is 2.32. The van der Waals surface area contributed by atoms with Gasteiger partial charge in [-0.05, 0) is 12.8 Å². The average Bonchev–Trinajstić information content (AvgIpc) is 2.12. The minimum atomic E-state index is -4.39. The number of halogens is 4. The van der Waals surface area contributed by atoms with E-state index in [0.717, 1.165) is 6.08 Å². The zero-order chi connectivity index (χ0) is 12.8. The predicted octanol–water partition coefficient (Wildman–Crippen LogP) is 4.63. The third kappa shape index (κ3) is 6.40. The molecule has 0 fully saturated rings. The van der Waals surface area contributed by atoms with Gasteiger partial charge in [-0.3, -0.25) is 0 Å². The van der Waals surface area contributed by atoms with Gasteiger partial charge in [-0.1, -0.05) is 49.1 Å². The van der Waals surface area contributed by atoms with Gasteiger partial charge >= 0.3 is 6.18 Å². The Morgan fingerprint density at radius 2 is 2.06 bits per heavy atom. The second kappa shape index (κ2) is 7.19. The van der Waals surface area contributed by atoms with Crippen molar-refractivity contribution >= 4 is 22.6 Å². The quantitative estimate of drug-likeness (QED) is 0.294. The smallest absolute Gasteiger partial charge is 0.419 e. The maximum Gasteiger partial charge on any atom is 0.419 e. The molecule has 0 aromatic rings. The molecule has 0 heterocycles. The van der Waals surface area contributed by atoms with E-state index in [0.29, 0.717) is 12.8 Å². The highest BCUT2D eigenvalue weighted by Gasteiger charge is 2.36. The van der Waals surface area contributed by atoms with Crippen LogP contribution < -0.4 is 0 Å². The number of alkyl halides is 4. The maximum absolute atomic E-state index is 12.6. The van der Waals surface area contributed by atoms with E-state index in [1.807, 2.05) is 13.8 Å². The number of hydrogen-bond donors (Lipinski definition) is 0. The van der Waals surface area contributed by atoms with Crippen LogP contribution in [0.1, 0.15) is 26.7 Å². The summed E-state index contributed by atoms with van der Waals surface area (Å²) in [6, 6.07) is 0. The molecule has 0 aliphatic rings. The Morgan fingerprint density at radius 1 is 1.50 bits per heavy atom. The second-order valence-corrected chi connectivity index (χ2v) is 5.53. The lowest BCUT2D eigenvalue weighted by atomic mass is 10.1. The van der Waals surface area contributed by atoms with Crippen LogP contribution in [0.2, 0.25) is 0 Å².